The van der Waals surface area contributed by atoms with Crippen molar-refractivity contribution in [2.75, 3.05) is 40.3 Å². The number of rotatable bonds is 8. The molecule has 0 aliphatic carbocycles. The van der Waals surface area contributed by atoms with Crippen LogP contribution >= 0.6 is 0 Å². The maximum absolute atomic E-state index is 5.70. The van der Waals surface area contributed by atoms with Crippen molar-refractivity contribution in [2.45, 2.75) is 39.2 Å². The van der Waals surface area contributed by atoms with Crippen LogP contribution in [-0.2, 0) is 4.74 Å². The van der Waals surface area contributed by atoms with E-state index in [1.54, 1.807) is 0 Å². The SMILES string of the molecule is CN(C)CCC[N]([AlH2])CCCOC(C)(C)C. The zero-order chi connectivity index (χ0) is 12.6. The van der Waals surface area contributed by atoms with E-state index in [-0.39, 0.29) is 5.60 Å². The van der Waals surface area contributed by atoms with Crippen molar-refractivity contribution in [3.05, 3.63) is 0 Å². The standard InChI is InChI=1S/C12H27N2O.Al.2H/c1-12(2,3)15-11-7-9-13-8-6-10-14(4)5;;;/h6-11H2,1-5H3;;;/q-1;+1;;. The van der Waals surface area contributed by atoms with Crippen LogP contribution in [-0.4, -0.2) is 71.2 Å². The minimum absolute atomic E-state index is 0.0148. The first-order chi connectivity index (χ1) is 7.31. The first-order valence-corrected chi connectivity index (χ1v) is 7.18. The molecule has 0 aromatic carbocycles. The van der Waals surface area contributed by atoms with Crippen LogP contribution in [0, 0.1) is 0 Å². The Labute approximate surface area is 110 Å². The van der Waals surface area contributed by atoms with E-state index in [2.05, 4.69) is 43.6 Å². The average molecular weight is 244 g/mol. The summed E-state index contributed by atoms with van der Waals surface area (Å²) in [6.07, 6.45) is 2.43. The summed E-state index contributed by atoms with van der Waals surface area (Å²) in [6, 6.07) is 0. The van der Waals surface area contributed by atoms with Gasteiger partial charge in [-0.25, -0.2) is 0 Å². The molecule has 0 aliphatic rings. The molecule has 0 aromatic heterocycles. The number of nitrogens with zero attached hydrogens (tertiary/aromatic N) is 2. The molecule has 0 unspecified atom stereocenters. The highest BCUT2D eigenvalue weighted by molar-refractivity contribution is 6.04. The Bertz CT molecular complexity index is 169. The molecule has 0 saturated heterocycles. The molecule has 0 heterocycles. The van der Waals surface area contributed by atoms with E-state index < -0.39 is 0 Å². The van der Waals surface area contributed by atoms with E-state index in [1.807, 2.05) is 0 Å². The number of ether oxygens (including phenoxy) is 1. The summed E-state index contributed by atoms with van der Waals surface area (Å²) < 4.78 is 8.23. The van der Waals surface area contributed by atoms with Crippen LogP contribution in [0.5, 0.6) is 0 Å². The van der Waals surface area contributed by atoms with Crippen molar-refractivity contribution in [1.29, 1.82) is 0 Å². The molecule has 0 amide bonds. The third-order valence-corrected chi connectivity index (χ3v) is 3.26. The Hall–Kier alpha value is 0.412. The summed E-state index contributed by atoms with van der Waals surface area (Å²) in [5.74, 6) is 0. The van der Waals surface area contributed by atoms with Gasteiger partial charge in [-0.05, 0) is 67.3 Å². The lowest BCUT2D eigenvalue weighted by atomic mass is 10.2. The second-order valence-electron chi connectivity index (χ2n) is 5.77. The summed E-state index contributed by atoms with van der Waals surface area (Å²) in [5, 5.41) is 0. The lowest BCUT2D eigenvalue weighted by Crippen LogP contribution is -2.27. The van der Waals surface area contributed by atoms with Gasteiger partial charge in [0.05, 0.1) is 5.60 Å². The van der Waals surface area contributed by atoms with E-state index in [9.17, 15) is 0 Å². The fourth-order valence-electron chi connectivity index (χ4n) is 1.48. The highest BCUT2D eigenvalue weighted by Crippen LogP contribution is 2.06. The van der Waals surface area contributed by atoms with E-state index in [1.165, 1.54) is 26.1 Å². The predicted molar refractivity (Wildman–Crippen MR) is 73.6 cm³/mol. The van der Waals surface area contributed by atoms with Gasteiger partial charge in [0.2, 0.25) is 0 Å². The van der Waals surface area contributed by atoms with Gasteiger partial charge in [-0.15, -0.1) is 0 Å². The molecule has 16 heavy (non-hydrogen) atoms. The van der Waals surface area contributed by atoms with E-state index in [0.717, 1.165) is 29.5 Å². The Morgan fingerprint density at radius 3 is 2.06 bits per heavy atom. The first-order valence-electron chi connectivity index (χ1n) is 6.28. The molecule has 0 aliphatic heterocycles. The van der Waals surface area contributed by atoms with E-state index in [4.69, 9.17) is 4.74 Å². The molecule has 4 heteroatoms. The maximum atomic E-state index is 5.70. The summed E-state index contributed by atoms with van der Waals surface area (Å²) in [5.41, 5.74) is 0.0148. The van der Waals surface area contributed by atoms with Gasteiger partial charge in [0, 0.05) is 6.61 Å². The monoisotopic (exact) mass is 244 g/mol. The van der Waals surface area contributed by atoms with Crippen LogP contribution in [0.25, 0.3) is 0 Å². The van der Waals surface area contributed by atoms with Gasteiger partial charge in [0.15, 0.2) is 0 Å². The third-order valence-electron chi connectivity index (χ3n) is 2.36. The fraction of sp³-hybridized carbons (Fsp3) is 1.00. The molecule has 0 saturated carbocycles. The molecule has 0 fully saturated rings. The summed E-state index contributed by atoms with van der Waals surface area (Å²) in [6.45, 7) is 10.8. The normalized spacial score (nSPS) is 12.7. The molecule has 0 aromatic rings. The van der Waals surface area contributed by atoms with Crippen molar-refractivity contribution >= 4 is 16.5 Å². The number of hydrogen-bond acceptors (Lipinski definition) is 3. The molecule has 0 rings (SSSR count). The quantitative estimate of drug-likeness (QED) is 0.468. The second-order valence-corrected chi connectivity index (χ2v) is 7.04. The topological polar surface area (TPSA) is 15.7 Å². The Balaban J connectivity index is 3.34. The summed E-state index contributed by atoms with van der Waals surface area (Å²) >= 11 is 1.16. The van der Waals surface area contributed by atoms with E-state index in [0.29, 0.717) is 0 Å². The largest absolute Gasteiger partial charge is 0.390 e. The molecule has 0 N–H and O–H groups in total. The minimum Gasteiger partial charge on any atom is -0.390 e. The molecule has 0 spiro atoms. The molecule has 0 atom stereocenters. The number of hydrogen-bond donors (Lipinski definition) is 0. The van der Waals surface area contributed by atoms with Crippen molar-refractivity contribution < 1.29 is 4.74 Å². The second kappa shape index (κ2) is 8.50. The van der Waals surface area contributed by atoms with Gasteiger partial charge in [-0.2, -0.15) is 0 Å². The highest BCUT2D eigenvalue weighted by Gasteiger charge is 2.09. The van der Waals surface area contributed by atoms with Crippen LogP contribution in [0.1, 0.15) is 33.6 Å². The van der Waals surface area contributed by atoms with Gasteiger partial charge in [-0.3, -0.25) is 0 Å². The van der Waals surface area contributed by atoms with Crippen LogP contribution in [0.15, 0.2) is 0 Å². The lowest BCUT2D eigenvalue weighted by Gasteiger charge is -2.22. The molecule has 0 radical (unpaired) electrons. The van der Waals surface area contributed by atoms with Crippen molar-refractivity contribution in [3.63, 3.8) is 0 Å². The fourth-order valence-corrected chi connectivity index (χ4v) is 2.11. The van der Waals surface area contributed by atoms with Gasteiger partial charge < -0.3 is 13.5 Å². The van der Waals surface area contributed by atoms with Crippen LogP contribution in [0.4, 0.5) is 0 Å². The lowest BCUT2D eigenvalue weighted by molar-refractivity contribution is -0.00518. The van der Waals surface area contributed by atoms with Crippen molar-refractivity contribution in [3.8, 4) is 0 Å². The predicted octanol–water partition coefficient (Wildman–Crippen LogP) is 0.993. The molecule has 96 valence electrons. The van der Waals surface area contributed by atoms with Crippen LogP contribution in [0.3, 0.4) is 0 Å². The summed E-state index contributed by atoms with van der Waals surface area (Å²) in [7, 11) is 4.27. The van der Waals surface area contributed by atoms with Crippen molar-refractivity contribution in [2.24, 2.45) is 0 Å². The minimum atomic E-state index is 0.0148. The molecular weight excluding hydrogens is 215 g/mol. The van der Waals surface area contributed by atoms with Crippen LogP contribution in [0.2, 0.25) is 0 Å². The first kappa shape index (κ1) is 16.4. The van der Waals surface area contributed by atoms with Crippen LogP contribution < -0.4 is 0 Å². The average Bonchev–Trinajstić information content (AvgIpc) is 2.10. The highest BCUT2D eigenvalue weighted by atomic mass is 27.1. The third kappa shape index (κ3) is 12.5. The molecule has 0 bridgehead atoms. The van der Waals surface area contributed by atoms with E-state index >= 15 is 0 Å². The Kier molecular flexibility index (Phi) is 8.71. The van der Waals surface area contributed by atoms with Crippen molar-refractivity contribution in [1.82, 2.24) is 8.78 Å². The Morgan fingerprint density at radius 1 is 1.00 bits per heavy atom. The summed E-state index contributed by atoms with van der Waals surface area (Å²) in [4.78, 5) is 2.25. The van der Waals surface area contributed by atoms with Gasteiger partial charge in [0.25, 0.3) is 0 Å². The van der Waals surface area contributed by atoms with Gasteiger partial charge >= 0.3 is 16.5 Å². The Morgan fingerprint density at radius 2 is 1.56 bits per heavy atom. The maximum Gasteiger partial charge on any atom is 0.321 e. The molecule has 3 nitrogen and oxygen atoms in total. The zero-order valence-electron chi connectivity index (χ0n) is 12.0. The zero-order valence-corrected chi connectivity index (χ0v) is 14.0. The van der Waals surface area contributed by atoms with Gasteiger partial charge in [0.1, 0.15) is 0 Å². The smallest absolute Gasteiger partial charge is 0.321 e. The van der Waals surface area contributed by atoms with Gasteiger partial charge in [-0.1, -0.05) is 0 Å². The molecular formula is C12H29AlN2O.